The highest BCUT2D eigenvalue weighted by Gasteiger charge is 2.38. The van der Waals surface area contributed by atoms with Crippen LogP contribution in [0.5, 0.6) is 0 Å². The van der Waals surface area contributed by atoms with Crippen LogP contribution in [-0.4, -0.2) is 26.0 Å². The zero-order chi connectivity index (χ0) is 23.0. The van der Waals surface area contributed by atoms with Gasteiger partial charge in [-0.15, -0.1) is 0 Å². The number of carbonyl (C=O) groups is 1. The number of carboxylic acid groups (broad SMARTS) is 1. The lowest BCUT2D eigenvalue weighted by Gasteiger charge is -2.17. The standard InChI is InChI=1S/C20H14F3N5O4/c1-9-8-24-18(26-12-4-2-3-11(17(29)30)15(12)20(21,22)23)28-16(9)25-10-5-6-14-13(7-10)27-19(31)32-14/h2-8H,1H3,(H,27,31)(H,29,30)(H2,24,25,26,28). The Kier molecular flexibility index (Phi) is 5.04. The van der Waals surface area contributed by atoms with Crippen molar-refractivity contribution in [2.24, 2.45) is 0 Å². The van der Waals surface area contributed by atoms with E-state index in [2.05, 4.69) is 25.6 Å². The Morgan fingerprint density at radius 3 is 2.69 bits per heavy atom. The van der Waals surface area contributed by atoms with Crippen LogP contribution in [0.15, 0.2) is 51.8 Å². The van der Waals surface area contributed by atoms with E-state index in [1.165, 1.54) is 12.3 Å². The molecule has 0 aliphatic carbocycles. The van der Waals surface area contributed by atoms with E-state index in [4.69, 9.17) is 9.52 Å². The van der Waals surface area contributed by atoms with Crippen LogP contribution in [-0.2, 0) is 6.18 Å². The van der Waals surface area contributed by atoms with Crippen molar-refractivity contribution in [3.63, 3.8) is 0 Å². The largest absolute Gasteiger partial charge is 0.478 e. The van der Waals surface area contributed by atoms with E-state index in [0.29, 0.717) is 22.4 Å². The van der Waals surface area contributed by atoms with Crippen LogP contribution >= 0.6 is 0 Å². The molecule has 0 atom stereocenters. The number of carboxylic acids is 1. The smallest absolute Gasteiger partial charge is 0.419 e. The number of aromatic carboxylic acids is 1. The van der Waals surface area contributed by atoms with Crippen molar-refractivity contribution < 1.29 is 27.5 Å². The minimum Gasteiger partial charge on any atom is -0.478 e. The summed E-state index contributed by atoms with van der Waals surface area (Å²) in [4.78, 5) is 33.3. The number of aryl methyl sites for hydroxylation is 1. The molecule has 0 spiro atoms. The van der Waals surface area contributed by atoms with E-state index in [-0.39, 0.29) is 11.8 Å². The summed E-state index contributed by atoms with van der Waals surface area (Å²) in [5.74, 6) is -2.20. The van der Waals surface area contributed by atoms with Crippen molar-refractivity contribution in [3.05, 3.63) is 69.8 Å². The topological polar surface area (TPSA) is 133 Å². The van der Waals surface area contributed by atoms with Gasteiger partial charge < -0.3 is 20.2 Å². The predicted molar refractivity (Wildman–Crippen MR) is 109 cm³/mol. The molecule has 0 saturated carbocycles. The Balaban J connectivity index is 1.68. The van der Waals surface area contributed by atoms with Crippen LogP contribution in [0.2, 0.25) is 0 Å². The number of nitrogens with zero attached hydrogens (tertiary/aromatic N) is 2. The molecular formula is C20H14F3N5O4. The van der Waals surface area contributed by atoms with Gasteiger partial charge in [-0.1, -0.05) is 6.07 Å². The SMILES string of the molecule is Cc1cnc(Nc2cccc(C(=O)O)c2C(F)(F)F)nc1Nc1ccc2oc(=O)[nH]c2c1. The minimum absolute atomic E-state index is 0.177. The molecule has 2 aromatic heterocycles. The molecule has 4 aromatic rings. The summed E-state index contributed by atoms with van der Waals surface area (Å²) in [6.45, 7) is 1.69. The van der Waals surface area contributed by atoms with E-state index >= 15 is 0 Å². The van der Waals surface area contributed by atoms with Crippen LogP contribution < -0.4 is 16.4 Å². The van der Waals surface area contributed by atoms with Crippen molar-refractivity contribution in [2.75, 3.05) is 10.6 Å². The first-order valence-electron chi connectivity index (χ1n) is 9.06. The Labute approximate surface area is 176 Å². The molecule has 0 unspecified atom stereocenters. The highest BCUT2D eigenvalue weighted by Crippen LogP contribution is 2.38. The van der Waals surface area contributed by atoms with Crippen molar-refractivity contribution in [1.29, 1.82) is 0 Å². The maximum Gasteiger partial charge on any atom is 0.419 e. The molecule has 4 rings (SSSR count). The van der Waals surface area contributed by atoms with Gasteiger partial charge in [0.15, 0.2) is 5.58 Å². The zero-order valence-electron chi connectivity index (χ0n) is 16.2. The first kappa shape index (κ1) is 20.9. The summed E-state index contributed by atoms with van der Waals surface area (Å²) in [7, 11) is 0. The summed E-state index contributed by atoms with van der Waals surface area (Å²) >= 11 is 0. The molecule has 2 heterocycles. The number of aromatic nitrogens is 3. The second-order valence-electron chi connectivity index (χ2n) is 6.73. The molecule has 2 aromatic carbocycles. The van der Waals surface area contributed by atoms with Crippen molar-refractivity contribution >= 4 is 40.2 Å². The summed E-state index contributed by atoms with van der Waals surface area (Å²) in [5.41, 5.74) is -0.788. The number of aromatic amines is 1. The third-order valence-corrected chi connectivity index (χ3v) is 4.48. The minimum atomic E-state index is -4.92. The van der Waals surface area contributed by atoms with Crippen molar-refractivity contribution in [2.45, 2.75) is 13.1 Å². The van der Waals surface area contributed by atoms with Gasteiger partial charge in [-0.3, -0.25) is 4.98 Å². The lowest BCUT2D eigenvalue weighted by atomic mass is 10.0. The molecular weight excluding hydrogens is 431 g/mol. The van der Waals surface area contributed by atoms with Gasteiger partial charge >= 0.3 is 17.9 Å². The molecule has 9 nitrogen and oxygen atoms in total. The van der Waals surface area contributed by atoms with Gasteiger partial charge in [-0.2, -0.15) is 18.2 Å². The fourth-order valence-corrected chi connectivity index (χ4v) is 3.06. The number of hydrogen-bond donors (Lipinski definition) is 4. The summed E-state index contributed by atoms with van der Waals surface area (Å²) < 4.78 is 45.6. The van der Waals surface area contributed by atoms with E-state index < -0.39 is 34.7 Å². The van der Waals surface area contributed by atoms with Crippen molar-refractivity contribution in [1.82, 2.24) is 15.0 Å². The monoisotopic (exact) mass is 445 g/mol. The average molecular weight is 445 g/mol. The molecule has 0 fully saturated rings. The highest BCUT2D eigenvalue weighted by molar-refractivity contribution is 5.92. The normalized spacial score (nSPS) is 11.5. The van der Waals surface area contributed by atoms with Gasteiger partial charge in [-0.25, -0.2) is 14.6 Å². The Hall–Kier alpha value is -4.35. The first-order chi connectivity index (χ1) is 15.1. The number of hydrogen-bond acceptors (Lipinski definition) is 7. The van der Waals surface area contributed by atoms with Crippen LogP contribution in [0.1, 0.15) is 21.5 Å². The molecule has 12 heteroatoms. The first-order valence-corrected chi connectivity index (χ1v) is 9.06. The Morgan fingerprint density at radius 2 is 1.97 bits per heavy atom. The van der Waals surface area contributed by atoms with Crippen LogP contribution in [0.25, 0.3) is 11.1 Å². The van der Waals surface area contributed by atoms with Crippen LogP contribution in [0, 0.1) is 6.92 Å². The lowest BCUT2D eigenvalue weighted by molar-refractivity contribution is -0.137. The maximum atomic E-state index is 13.5. The van der Waals surface area contributed by atoms with E-state index in [1.54, 1.807) is 25.1 Å². The molecule has 32 heavy (non-hydrogen) atoms. The zero-order valence-corrected chi connectivity index (χ0v) is 16.2. The fraction of sp³-hybridized carbons (Fsp3) is 0.100. The molecule has 0 amide bonds. The lowest BCUT2D eigenvalue weighted by Crippen LogP contribution is -2.16. The molecule has 0 saturated heterocycles. The number of rotatable bonds is 5. The number of benzene rings is 2. The van der Waals surface area contributed by atoms with Gasteiger partial charge in [-0.05, 0) is 37.3 Å². The fourth-order valence-electron chi connectivity index (χ4n) is 3.06. The van der Waals surface area contributed by atoms with Crippen LogP contribution in [0.4, 0.5) is 36.3 Å². The molecule has 0 bridgehead atoms. The molecule has 0 aliphatic heterocycles. The van der Waals surface area contributed by atoms with Crippen LogP contribution in [0.3, 0.4) is 0 Å². The quantitative estimate of drug-likeness (QED) is 0.355. The third-order valence-electron chi connectivity index (χ3n) is 4.48. The molecule has 0 aliphatic rings. The van der Waals surface area contributed by atoms with Gasteiger partial charge in [0.05, 0.1) is 22.3 Å². The number of oxazole rings is 1. The second kappa shape index (κ2) is 7.72. The van der Waals surface area contributed by atoms with Gasteiger partial charge in [0, 0.05) is 17.4 Å². The number of anilines is 4. The Bertz CT molecular complexity index is 1390. The summed E-state index contributed by atoms with van der Waals surface area (Å²) in [6, 6.07) is 7.96. The third kappa shape index (κ3) is 4.10. The van der Waals surface area contributed by atoms with Crippen molar-refractivity contribution in [3.8, 4) is 0 Å². The predicted octanol–water partition coefficient (Wildman–Crippen LogP) is 4.42. The number of nitrogens with one attached hydrogen (secondary N) is 3. The highest BCUT2D eigenvalue weighted by atomic mass is 19.4. The average Bonchev–Trinajstić information content (AvgIpc) is 3.08. The molecule has 164 valence electrons. The van der Waals surface area contributed by atoms with Gasteiger partial charge in [0.2, 0.25) is 5.95 Å². The maximum absolute atomic E-state index is 13.5. The summed E-state index contributed by atoms with van der Waals surface area (Å²) in [5, 5.41) is 14.6. The Morgan fingerprint density at radius 1 is 1.19 bits per heavy atom. The van der Waals surface area contributed by atoms with E-state index in [0.717, 1.165) is 12.1 Å². The van der Waals surface area contributed by atoms with E-state index in [9.17, 15) is 22.8 Å². The second-order valence-corrected chi connectivity index (χ2v) is 6.73. The van der Waals surface area contributed by atoms with E-state index in [1.807, 2.05) is 0 Å². The molecule has 0 radical (unpaired) electrons. The number of alkyl halides is 3. The van der Waals surface area contributed by atoms with Gasteiger partial charge in [0.25, 0.3) is 0 Å². The van der Waals surface area contributed by atoms with Gasteiger partial charge in [0.1, 0.15) is 5.82 Å². The number of halogens is 3. The summed E-state index contributed by atoms with van der Waals surface area (Å²) in [6.07, 6.45) is -3.52. The number of fused-ring (bicyclic) bond motifs is 1. The molecule has 4 N–H and O–H groups in total. The number of H-pyrrole nitrogens is 1.